The maximum absolute atomic E-state index is 12.3. The third-order valence-corrected chi connectivity index (χ3v) is 3.54. The molecule has 0 saturated carbocycles. The summed E-state index contributed by atoms with van der Waals surface area (Å²) in [5.74, 6) is 0. The maximum Gasteiger partial charge on any atom is 0.412 e. The molecular weight excluding hydrogens is 254 g/mol. The van der Waals surface area contributed by atoms with Gasteiger partial charge in [-0.2, -0.15) is 0 Å². The fourth-order valence-electron chi connectivity index (χ4n) is 2.67. The number of benzene rings is 1. The van der Waals surface area contributed by atoms with Gasteiger partial charge in [-0.05, 0) is 39.7 Å². The average molecular weight is 277 g/mol. The molecule has 0 bridgehead atoms. The van der Waals surface area contributed by atoms with Gasteiger partial charge in [-0.15, -0.1) is 0 Å². The van der Waals surface area contributed by atoms with E-state index >= 15 is 0 Å². The van der Waals surface area contributed by atoms with Gasteiger partial charge >= 0.3 is 6.09 Å². The second-order valence-electron chi connectivity index (χ2n) is 6.37. The predicted molar refractivity (Wildman–Crippen MR) is 77.2 cm³/mol. The van der Waals surface area contributed by atoms with Crippen molar-refractivity contribution in [3.8, 4) is 0 Å². The smallest absolute Gasteiger partial charge is 0.412 e. The maximum atomic E-state index is 12.3. The zero-order valence-electron chi connectivity index (χ0n) is 12.6. The Morgan fingerprint density at radius 1 is 1.35 bits per heavy atom. The van der Waals surface area contributed by atoms with Crippen LogP contribution in [-0.4, -0.2) is 28.2 Å². The molecule has 1 aromatic carbocycles. The van der Waals surface area contributed by atoms with Crippen molar-refractivity contribution in [2.75, 3.05) is 6.54 Å². The first-order valence-corrected chi connectivity index (χ1v) is 7.03. The van der Waals surface area contributed by atoms with Crippen molar-refractivity contribution in [2.45, 2.75) is 51.9 Å². The van der Waals surface area contributed by atoms with Crippen molar-refractivity contribution >= 4 is 6.09 Å². The highest BCUT2D eigenvalue weighted by molar-refractivity contribution is 5.70. The molecule has 0 radical (unpaired) electrons. The summed E-state index contributed by atoms with van der Waals surface area (Å²) in [6.07, 6.45) is 0.849. The summed E-state index contributed by atoms with van der Waals surface area (Å²) in [6, 6.07) is 7.62. The number of amides is 1. The highest BCUT2D eigenvalue weighted by atomic mass is 16.6. The Bertz CT molecular complexity index is 507. The van der Waals surface area contributed by atoms with Crippen LogP contribution in [-0.2, 0) is 10.5 Å². The number of aliphatic hydroxyl groups is 1. The molecule has 1 amide bonds. The van der Waals surface area contributed by atoms with Crippen LogP contribution in [0.25, 0.3) is 0 Å². The highest BCUT2D eigenvalue weighted by Gasteiger charge is 2.45. The van der Waals surface area contributed by atoms with Crippen molar-refractivity contribution in [1.82, 2.24) is 4.90 Å². The van der Waals surface area contributed by atoms with Crippen molar-refractivity contribution in [3.63, 3.8) is 0 Å². The van der Waals surface area contributed by atoms with Gasteiger partial charge in [0, 0.05) is 18.5 Å². The molecule has 20 heavy (non-hydrogen) atoms. The van der Waals surface area contributed by atoms with Crippen LogP contribution in [0, 0.1) is 6.92 Å². The second kappa shape index (κ2) is 5.09. The standard InChI is InChI=1S/C16H23NO3/c1-12-8-5-6-9-13(12)16(19)10-7-11-17(16)14(18)20-15(2,3)4/h5-6,8-9,19H,7,10-11H2,1-4H3/t16-/m0/s1. The lowest BCUT2D eigenvalue weighted by atomic mass is 9.95. The Labute approximate surface area is 120 Å². The quantitative estimate of drug-likeness (QED) is 0.857. The number of carbonyl (C=O) groups is 1. The minimum absolute atomic E-state index is 0.458. The predicted octanol–water partition coefficient (Wildman–Crippen LogP) is 3.17. The van der Waals surface area contributed by atoms with Gasteiger partial charge in [-0.25, -0.2) is 4.79 Å². The molecular formula is C16H23NO3. The topological polar surface area (TPSA) is 49.8 Å². The molecule has 1 heterocycles. The molecule has 1 saturated heterocycles. The summed E-state index contributed by atoms with van der Waals surface area (Å²) in [5, 5.41) is 11.0. The van der Waals surface area contributed by atoms with Crippen LogP contribution in [0.1, 0.15) is 44.7 Å². The van der Waals surface area contributed by atoms with Crippen LogP contribution >= 0.6 is 0 Å². The summed E-state index contributed by atoms with van der Waals surface area (Å²) in [4.78, 5) is 13.7. The van der Waals surface area contributed by atoms with Gasteiger partial charge < -0.3 is 9.84 Å². The molecule has 1 atom stereocenters. The third-order valence-electron chi connectivity index (χ3n) is 3.54. The molecule has 4 heteroatoms. The van der Waals surface area contributed by atoms with E-state index < -0.39 is 17.4 Å². The number of ether oxygens (including phenoxy) is 1. The summed E-state index contributed by atoms with van der Waals surface area (Å²) in [7, 11) is 0. The van der Waals surface area contributed by atoms with Crippen LogP contribution in [0.4, 0.5) is 4.79 Å². The molecule has 0 aliphatic carbocycles. The van der Waals surface area contributed by atoms with Gasteiger partial charge in [-0.1, -0.05) is 24.3 Å². The minimum atomic E-state index is -1.26. The summed E-state index contributed by atoms with van der Waals surface area (Å²) in [6.45, 7) is 7.94. The molecule has 110 valence electrons. The first kappa shape index (κ1) is 14.9. The fourth-order valence-corrected chi connectivity index (χ4v) is 2.67. The Hall–Kier alpha value is -1.55. The third kappa shape index (κ3) is 2.80. The minimum Gasteiger partial charge on any atom is -0.444 e. The van der Waals surface area contributed by atoms with Gasteiger partial charge in [0.25, 0.3) is 0 Å². The fraction of sp³-hybridized carbons (Fsp3) is 0.562. The van der Waals surface area contributed by atoms with Crippen LogP contribution in [0.3, 0.4) is 0 Å². The van der Waals surface area contributed by atoms with Crippen LogP contribution in [0.15, 0.2) is 24.3 Å². The SMILES string of the molecule is Cc1ccccc1[C@@]1(O)CCCN1C(=O)OC(C)(C)C. The monoisotopic (exact) mass is 277 g/mol. The van der Waals surface area contributed by atoms with E-state index in [-0.39, 0.29) is 0 Å². The first-order chi connectivity index (χ1) is 9.24. The molecule has 1 aliphatic rings. The molecule has 1 aromatic rings. The normalized spacial score (nSPS) is 22.9. The van der Waals surface area contributed by atoms with Gasteiger partial charge in [0.15, 0.2) is 5.72 Å². The lowest BCUT2D eigenvalue weighted by molar-refractivity contribution is -0.0896. The zero-order valence-corrected chi connectivity index (χ0v) is 12.6. The molecule has 0 spiro atoms. The molecule has 1 aliphatic heterocycles. The van der Waals surface area contributed by atoms with E-state index in [9.17, 15) is 9.90 Å². The second-order valence-corrected chi connectivity index (χ2v) is 6.37. The first-order valence-electron chi connectivity index (χ1n) is 7.03. The Balaban J connectivity index is 2.31. The van der Waals surface area contributed by atoms with Crippen LogP contribution in [0.5, 0.6) is 0 Å². The van der Waals surface area contributed by atoms with Gasteiger partial charge in [0.05, 0.1) is 0 Å². The van der Waals surface area contributed by atoms with Crippen molar-refractivity contribution in [1.29, 1.82) is 0 Å². The van der Waals surface area contributed by atoms with E-state index in [1.807, 2.05) is 52.0 Å². The van der Waals surface area contributed by atoms with Crippen molar-refractivity contribution in [3.05, 3.63) is 35.4 Å². The summed E-state index contributed by atoms with van der Waals surface area (Å²) < 4.78 is 5.41. The molecule has 0 unspecified atom stereocenters. The van der Waals surface area contributed by atoms with Crippen molar-refractivity contribution in [2.24, 2.45) is 0 Å². The molecule has 0 aromatic heterocycles. The Morgan fingerprint density at radius 2 is 2.00 bits per heavy atom. The Morgan fingerprint density at radius 3 is 2.60 bits per heavy atom. The average Bonchev–Trinajstić information content (AvgIpc) is 2.70. The number of hydrogen-bond acceptors (Lipinski definition) is 3. The largest absolute Gasteiger partial charge is 0.444 e. The number of aryl methyl sites for hydroxylation is 1. The molecule has 2 rings (SSSR count). The van der Waals surface area contributed by atoms with Gasteiger partial charge in [0.1, 0.15) is 5.60 Å². The lowest BCUT2D eigenvalue weighted by Gasteiger charge is -2.36. The van der Waals surface area contributed by atoms with E-state index in [4.69, 9.17) is 4.74 Å². The van der Waals surface area contributed by atoms with E-state index in [0.29, 0.717) is 13.0 Å². The number of hydrogen-bond donors (Lipinski definition) is 1. The lowest BCUT2D eigenvalue weighted by Crippen LogP contribution is -2.47. The van der Waals surface area contributed by atoms with Gasteiger partial charge in [-0.3, -0.25) is 4.90 Å². The van der Waals surface area contributed by atoms with E-state index in [0.717, 1.165) is 17.5 Å². The molecule has 1 fully saturated rings. The van der Waals surface area contributed by atoms with Gasteiger partial charge in [0.2, 0.25) is 0 Å². The zero-order chi connectivity index (χ0) is 15.0. The summed E-state index contributed by atoms with van der Waals surface area (Å²) in [5.41, 5.74) is -0.0613. The summed E-state index contributed by atoms with van der Waals surface area (Å²) >= 11 is 0. The van der Waals surface area contributed by atoms with E-state index in [1.54, 1.807) is 0 Å². The number of rotatable bonds is 1. The van der Waals surface area contributed by atoms with Crippen LogP contribution < -0.4 is 0 Å². The van der Waals surface area contributed by atoms with E-state index in [1.165, 1.54) is 4.90 Å². The Kier molecular flexibility index (Phi) is 3.78. The molecule has 4 nitrogen and oxygen atoms in total. The van der Waals surface area contributed by atoms with E-state index in [2.05, 4.69) is 0 Å². The number of carbonyl (C=O) groups excluding carboxylic acids is 1. The number of likely N-dealkylation sites (tertiary alicyclic amines) is 1. The molecule has 1 N–H and O–H groups in total. The van der Waals surface area contributed by atoms with Crippen molar-refractivity contribution < 1.29 is 14.6 Å². The van der Waals surface area contributed by atoms with Crippen LogP contribution in [0.2, 0.25) is 0 Å². The highest BCUT2D eigenvalue weighted by Crippen LogP contribution is 2.38. The number of nitrogens with zero attached hydrogens (tertiary/aromatic N) is 1.